The molecular formula is C30H33N7O2. The molecule has 3 aromatic heterocycles. The maximum atomic E-state index is 13.0. The normalized spacial score (nSPS) is 13.7. The number of aryl methyl sites for hydroxylation is 1. The van der Waals surface area contributed by atoms with E-state index in [1.165, 1.54) is 0 Å². The fourth-order valence-electron chi connectivity index (χ4n) is 5.06. The molecule has 4 heterocycles. The van der Waals surface area contributed by atoms with Crippen molar-refractivity contribution < 1.29 is 9.59 Å². The second-order valence-corrected chi connectivity index (χ2v) is 9.55. The van der Waals surface area contributed by atoms with Crippen LogP contribution in [0.5, 0.6) is 0 Å². The molecule has 0 unspecified atom stereocenters. The van der Waals surface area contributed by atoms with E-state index in [0.29, 0.717) is 17.7 Å². The van der Waals surface area contributed by atoms with Crippen LogP contribution in [0.25, 0.3) is 28.6 Å². The first-order chi connectivity index (χ1) is 18.9. The maximum absolute atomic E-state index is 13.0. The zero-order valence-corrected chi connectivity index (χ0v) is 22.7. The number of hydrogen-bond donors (Lipinski definition) is 3. The molecule has 200 valence electrons. The minimum atomic E-state index is -0.179. The van der Waals surface area contributed by atoms with Crippen molar-refractivity contribution in [2.75, 3.05) is 31.5 Å². The molecule has 4 aromatic rings. The summed E-state index contributed by atoms with van der Waals surface area (Å²) in [5.41, 5.74) is 7.77. The summed E-state index contributed by atoms with van der Waals surface area (Å²) in [5.74, 6) is -0.289. The molecule has 39 heavy (non-hydrogen) atoms. The number of benzene rings is 1. The van der Waals surface area contributed by atoms with Crippen LogP contribution in [0.1, 0.15) is 46.7 Å². The van der Waals surface area contributed by atoms with Crippen LogP contribution in [0, 0.1) is 13.8 Å². The first-order valence-corrected chi connectivity index (χ1v) is 13.2. The van der Waals surface area contributed by atoms with E-state index in [1.54, 1.807) is 18.6 Å². The number of amides is 2. The number of aromatic nitrogens is 4. The highest BCUT2D eigenvalue weighted by Crippen LogP contribution is 2.37. The van der Waals surface area contributed by atoms with Crippen LogP contribution in [0.15, 0.2) is 55.0 Å². The van der Waals surface area contributed by atoms with Crippen molar-refractivity contribution >= 4 is 29.2 Å². The van der Waals surface area contributed by atoms with Crippen LogP contribution >= 0.6 is 0 Å². The van der Waals surface area contributed by atoms with E-state index in [4.69, 9.17) is 0 Å². The molecule has 9 heteroatoms. The highest BCUT2D eigenvalue weighted by atomic mass is 16.2. The van der Waals surface area contributed by atoms with E-state index < -0.39 is 0 Å². The van der Waals surface area contributed by atoms with Gasteiger partial charge < -0.3 is 20.5 Å². The van der Waals surface area contributed by atoms with Crippen molar-refractivity contribution in [2.45, 2.75) is 27.7 Å². The summed E-state index contributed by atoms with van der Waals surface area (Å²) in [5, 5.41) is 10.5. The molecule has 0 saturated heterocycles. The standard InChI is InChI=1S/C30H33N7O2/c1-5-36(6-2)16-15-32-30(39)28-19(3)26(34-20(28)4)18-24-23-17-21(7-8-25(23)35-29(24)38)27-11-14-33-37(27)22-9-12-31-13-10-22/h7-14,17-18,34H,5-6,15-16H2,1-4H3,(H,32,39)(H,35,38)/b24-18-. The number of carbonyl (C=O) groups is 2. The number of pyridine rings is 1. The van der Waals surface area contributed by atoms with Gasteiger partial charge in [0.1, 0.15) is 0 Å². The topological polar surface area (TPSA) is 108 Å². The predicted octanol–water partition coefficient (Wildman–Crippen LogP) is 4.44. The second-order valence-electron chi connectivity index (χ2n) is 9.55. The van der Waals surface area contributed by atoms with Crippen molar-refractivity contribution in [1.29, 1.82) is 0 Å². The van der Waals surface area contributed by atoms with Gasteiger partial charge in [0.2, 0.25) is 0 Å². The molecule has 5 rings (SSSR count). The van der Waals surface area contributed by atoms with Gasteiger partial charge in [0.25, 0.3) is 11.8 Å². The molecule has 1 aromatic carbocycles. The summed E-state index contributed by atoms with van der Waals surface area (Å²) in [6.45, 7) is 11.3. The van der Waals surface area contributed by atoms with E-state index in [9.17, 15) is 9.59 Å². The summed E-state index contributed by atoms with van der Waals surface area (Å²) in [7, 11) is 0. The molecule has 1 aliphatic rings. The quantitative estimate of drug-likeness (QED) is 0.281. The van der Waals surface area contributed by atoms with Crippen LogP contribution in [0.3, 0.4) is 0 Å². The Hall–Kier alpha value is -4.50. The number of aromatic amines is 1. The van der Waals surface area contributed by atoms with Crippen LogP contribution < -0.4 is 10.6 Å². The van der Waals surface area contributed by atoms with Crippen LogP contribution in [0.4, 0.5) is 5.69 Å². The number of likely N-dealkylation sites (N-methyl/N-ethyl adjacent to an activating group) is 1. The maximum Gasteiger partial charge on any atom is 0.256 e. The van der Waals surface area contributed by atoms with Gasteiger partial charge in [-0.15, -0.1) is 0 Å². The average Bonchev–Trinajstić information content (AvgIpc) is 3.63. The van der Waals surface area contributed by atoms with Crippen molar-refractivity contribution in [3.05, 3.63) is 83.1 Å². The number of fused-ring (bicyclic) bond motifs is 1. The number of nitrogens with one attached hydrogen (secondary N) is 3. The minimum Gasteiger partial charge on any atom is -0.358 e. The number of hydrogen-bond acceptors (Lipinski definition) is 5. The third-order valence-corrected chi connectivity index (χ3v) is 7.25. The third-order valence-electron chi connectivity index (χ3n) is 7.25. The van der Waals surface area contributed by atoms with Gasteiger partial charge in [-0.05, 0) is 68.9 Å². The first-order valence-electron chi connectivity index (χ1n) is 13.2. The molecule has 0 aliphatic carbocycles. The van der Waals surface area contributed by atoms with E-state index in [0.717, 1.165) is 64.8 Å². The lowest BCUT2D eigenvalue weighted by atomic mass is 10.0. The Kier molecular flexibility index (Phi) is 7.42. The Labute approximate surface area is 228 Å². The first kappa shape index (κ1) is 26.1. The fraction of sp³-hybridized carbons (Fsp3) is 0.267. The van der Waals surface area contributed by atoms with E-state index >= 15 is 0 Å². The molecule has 1 aliphatic heterocycles. The van der Waals surface area contributed by atoms with Gasteiger partial charge in [-0.1, -0.05) is 19.9 Å². The molecule has 0 spiro atoms. The molecule has 0 saturated carbocycles. The highest BCUT2D eigenvalue weighted by Gasteiger charge is 2.26. The van der Waals surface area contributed by atoms with Gasteiger partial charge in [-0.25, -0.2) is 4.68 Å². The van der Waals surface area contributed by atoms with Crippen molar-refractivity contribution in [3.8, 4) is 16.9 Å². The molecule has 0 fully saturated rings. The zero-order chi connectivity index (χ0) is 27.5. The number of rotatable bonds is 9. The third kappa shape index (κ3) is 5.13. The molecule has 0 radical (unpaired) electrons. The number of carbonyl (C=O) groups excluding carboxylic acids is 2. The molecular weight excluding hydrogens is 490 g/mol. The average molecular weight is 524 g/mol. The lowest BCUT2D eigenvalue weighted by molar-refractivity contribution is -0.110. The molecule has 3 N–H and O–H groups in total. The summed E-state index contributed by atoms with van der Waals surface area (Å²) in [4.78, 5) is 35.7. The largest absolute Gasteiger partial charge is 0.358 e. The van der Waals surface area contributed by atoms with E-state index in [-0.39, 0.29) is 11.8 Å². The van der Waals surface area contributed by atoms with Gasteiger partial charge in [0, 0.05) is 53.7 Å². The minimum absolute atomic E-state index is 0.110. The SMILES string of the molecule is CCN(CC)CCNC(=O)c1c(C)[nH]c(/C=C2\C(=O)Nc3ccc(-c4ccnn4-c4ccncc4)cc32)c1C. The summed E-state index contributed by atoms with van der Waals surface area (Å²) < 4.78 is 1.85. The number of H-pyrrole nitrogens is 1. The van der Waals surface area contributed by atoms with Crippen molar-refractivity contribution in [3.63, 3.8) is 0 Å². The van der Waals surface area contributed by atoms with Crippen LogP contribution in [-0.2, 0) is 4.79 Å². The second kappa shape index (κ2) is 11.1. The van der Waals surface area contributed by atoms with E-state index in [1.807, 2.05) is 61.0 Å². The number of anilines is 1. The Bertz CT molecular complexity index is 1540. The van der Waals surface area contributed by atoms with Crippen LogP contribution in [0.2, 0.25) is 0 Å². The van der Waals surface area contributed by atoms with Gasteiger partial charge in [-0.2, -0.15) is 5.10 Å². The fourth-order valence-corrected chi connectivity index (χ4v) is 5.06. The lowest BCUT2D eigenvalue weighted by Crippen LogP contribution is -2.35. The van der Waals surface area contributed by atoms with Gasteiger partial charge in [0.05, 0.1) is 28.7 Å². The summed E-state index contributed by atoms with van der Waals surface area (Å²) in [6.07, 6.45) is 7.04. The Morgan fingerprint density at radius 1 is 1.08 bits per heavy atom. The Morgan fingerprint density at radius 3 is 2.59 bits per heavy atom. The summed E-state index contributed by atoms with van der Waals surface area (Å²) >= 11 is 0. The smallest absolute Gasteiger partial charge is 0.256 e. The molecule has 9 nitrogen and oxygen atoms in total. The highest BCUT2D eigenvalue weighted by molar-refractivity contribution is 6.35. The Balaban J connectivity index is 1.44. The summed E-state index contributed by atoms with van der Waals surface area (Å²) in [6, 6.07) is 11.6. The van der Waals surface area contributed by atoms with Gasteiger partial charge in [-0.3, -0.25) is 14.6 Å². The monoisotopic (exact) mass is 523 g/mol. The van der Waals surface area contributed by atoms with Crippen molar-refractivity contribution in [1.82, 2.24) is 30.0 Å². The molecule has 0 atom stereocenters. The lowest BCUT2D eigenvalue weighted by Gasteiger charge is -2.18. The molecule has 2 amide bonds. The zero-order valence-electron chi connectivity index (χ0n) is 22.7. The van der Waals surface area contributed by atoms with Gasteiger partial charge >= 0.3 is 0 Å². The predicted molar refractivity (Wildman–Crippen MR) is 154 cm³/mol. The van der Waals surface area contributed by atoms with Gasteiger partial charge in [0.15, 0.2) is 0 Å². The van der Waals surface area contributed by atoms with Crippen molar-refractivity contribution in [2.24, 2.45) is 0 Å². The van der Waals surface area contributed by atoms with Crippen LogP contribution in [-0.4, -0.2) is 62.6 Å². The molecule has 0 bridgehead atoms. The number of nitrogens with zero attached hydrogens (tertiary/aromatic N) is 4. The van der Waals surface area contributed by atoms with E-state index in [2.05, 4.69) is 44.4 Å². The Morgan fingerprint density at radius 2 is 1.85 bits per heavy atom.